The maximum atomic E-state index is 12.8. The average molecular weight is 366 g/mol. The molecule has 1 aliphatic heterocycles. The lowest BCUT2D eigenvalue weighted by atomic mass is 10.0. The minimum absolute atomic E-state index is 0.00148. The van der Waals surface area contributed by atoms with Crippen molar-refractivity contribution in [1.29, 1.82) is 0 Å². The molecule has 1 atom stereocenters. The van der Waals surface area contributed by atoms with E-state index in [2.05, 4.69) is 17.4 Å². The number of para-hydroxylation sites is 1. The quantitative estimate of drug-likeness (QED) is 0.879. The van der Waals surface area contributed by atoms with Gasteiger partial charge >= 0.3 is 0 Å². The third-order valence-corrected chi connectivity index (χ3v) is 5.06. The van der Waals surface area contributed by atoms with Gasteiger partial charge in [0.05, 0.1) is 13.0 Å². The molecule has 2 aromatic rings. The largest absolute Gasteiger partial charge is 0.496 e. The van der Waals surface area contributed by atoms with Crippen molar-refractivity contribution >= 4 is 17.5 Å². The molecule has 1 aliphatic rings. The molecule has 0 saturated carbocycles. The first-order valence-corrected chi connectivity index (χ1v) is 9.17. The van der Waals surface area contributed by atoms with Crippen molar-refractivity contribution < 1.29 is 14.3 Å². The van der Waals surface area contributed by atoms with Crippen molar-refractivity contribution in [2.45, 2.75) is 33.7 Å². The van der Waals surface area contributed by atoms with E-state index >= 15 is 0 Å². The molecular formula is C22H26N2O3. The van der Waals surface area contributed by atoms with Crippen LogP contribution in [0.25, 0.3) is 0 Å². The van der Waals surface area contributed by atoms with Crippen LogP contribution in [0.5, 0.6) is 5.75 Å². The fourth-order valence-electron chi connectivity index (χ4n) is 3.74. The second-order valence-corrected chi connectivity index (χ2v) is 7.25. The first-order valence-electron chi connectivity index (χ1n) is 9.17. The molecule has 0 bridgehead atoms. The zero-order valence-corrected chi connectivity index (χ0v) is 16.3. The highest BCUT2D eigenvalue weighted by Gasteiger charge is 2.34. The Morgan fingerprint density at radius 2 is 1.85 bits per heavy atom. The van der Waals surface area contributed by atoms with Crippen molar-refractivity contribution in [2.75, 3.05) is 19.0 Å². The molecule has 0 aliphatic carbocycles. The predicted molar refractivity (Wildman–Crippen MR) is 106 cm³/mol. The van der Waals surface area contributed by atoms with Crippen molar-refractivity contribution in [3.63, 3.8) is 0 Å². The molecule has 1 saturated heterocycles. The fraction of sp³-hybridized carbons (Fsp3) is 0.364. The van der Waals surface area contributed by atoms with Crippen molar-refractivity contribution in [3.8, 4) is 5.75 Å². The monoisotopic (exact) mass is 366 g/mol. The number of carbonyl (C=O) groups is 2. The highest BCUT2D eigenvalue weighted by Crippen LogP contribution is 2.27. The zero-order valence-electron chi connectivity index (χ0n) is 16.3. The van der Waals surface area contributed by atoms with Crippen LogP contribution >= 0.6 is 0 Å². The number of methoxy groups -OCH3 is 1. The number of rotatable bonds is 5. The molecule has 1 N–H and O–H groups in total. The van der Waals surface area contributed by atoms with E-state index in [4.69, 9.17) is 4.74 Å². The average Bonchev–Trinajstić information content (AvgIpc) is 2.99. The van der Waals surface area contributed by atoms with Gasteiger partial charge in [0.15, 0.2) is 0 Å². The number of likely N-dealkylation sites (tertiary alicyclic amines) is 1. The van der Waals surface area contributed by atoms with Gasteiger partial charge in [-0.2, -0.15) is 0 Å². The Labute approximate surface area is 160 Å². The number of anilines is 1. The van der Waals surface area contributed by atoms with Crippen LogP contribution in [-0.4, -0.2) is 30.4 Å². The number of hydrogen-bond donors (Lipinski definition) is 1. The van der Waals surface area contributed by atoms with Gasteiger partial charge in [0.1, 0.15) is 5.75 Å². The van der Waals surface area contributed by atoms with E-state index in [9.17, 15) is 9.59 Å². The Morgan fingerprint density at radius 3 is 2.52 bits per heavy atom. The number of carbonyl (C=O) groups excluding carboxylic acids is 2. The summed E-state index contributed by atoms with van der Waals surface area (Å²) in [7, 11) is 1.62. The van der Waals surface area contributed by atoms with Gasteiger partial charge in [0.2, 0.25) is 11.8 Å². The van der Waals surface area contributed by atoms with E-state index in [0.717, 1.165) is 28.1 Å². The second-order valence-electron chi connectivity index (χ2n) is 7.25. The van der Waals surface area contributed by atoms with E-state index < -0.39 is 0 Å². The topological polar surface area (TPSA) is 58.6 Å². The summed E-state index contributed by atoms with van der Waals surface area (Å²) in [5.74, 6) is 0.316. The maximum absolute atomic E-state index is 12.8. The van der Waals surface area contributed by atoms with Gasteiger partial charge in [0, 0.05) is 30.8 Å². The Kier molecular flexibility index (Phi) is 5.49. The normalized spacial score (nSPS) is 16.5. The van der Waals surface area contributed by atoms with E-state index in [0.29, 0.717) is 13.1 Å². The van der Waals surface area contributed by atoms with E-state index in [1.54, 1.807) is 12.0 Å². The first-order chi connectivity index (χ1) is 12.9. The van der Waals surface area contributed by atoms with Gasteiger partial charge < -0.3 is 15.0 Å². The van der Waals surface area contributed by atoms with Crippen molar-refractivity contribution in [3.05, 3.63) is 58.7 Å². The summed E-state index contributed by atoms with van der Waals surface area (Å²) in [6.07, 6.45) is 0.241. The van der Waals surface area contributed by atoms with E-state index in [1.165, 1.54) is 5.56 Å². The lowest BCUT2D eigenvalue weighted by molar-refractivity contribution is -0.128. The van der Waals surface area contributed by atoms with Crippen LogP contribution < -0.4 is 10.1 Å². The first kappa shape index (κ1) is 19.0. The third kappa shape index (κ3) is 4.13. The van der Waals surface area contributed by atoms with E-state index in [1.807, 2.05) is 45.0 Å². The van der Waals surface area contributed by atoms with Crippen molar-refractivity contribution in [2.24, 2.45) is 5.92 Å². The minimum Gasteiger partial charge on any atom is -0.496 e. The molecule has 0 radical (unpaired) electrons. The summed E-state index contributed by atoms with van der Waals surface area (Å²) in [6.45, 7) is 6.89. The van der Waals surface area contributed by atoms with E-state index in [-0.39, 0.29) is 24.2 Å². The Balaban J connectivity index is 1.69. The molecule has 27 heavy (non-hydrogen) atoms. The van der Waals surface area contributed by atoms with Gasteiger partial charge in [-0.15, -0.1) is 0 Å². The Hall–Kier alpha value is -2.82. The molecule has 1 fully saturated rings. The van der Waals surface area contributed by atoms with Crippen LogP contribution in [0.15, 0.2) is 36.4 Å². The second kappa shape index (κ2) is 7.82. The fourth-order valence-corrected chi connectivity index (χ4v) is 3.74. The lowest BCUT2D eigenvalue weighted by Gasteiger charge is -2.19. The standard InChI is InChI=1S/C22H26N2O3/c1-14-9-15(2)21(16(3)10-14)23-22(26)18-11-20(25)24(13-18)12-17-7-5-6-8-19(17)27-4/h5-10,18H,11-13H2,1-4H3,(H,23,26). The molecule has 3 rings (SSSR count). The number of nitrogens with zero attached hydrogens (tertiary/aromatic N) is 1. The van der Waals surface area contributed by atoms with Crippen LogP contribution in [0, 0.1) is 26.7 Å². The lowest BCUT2D eigenvalue weighted by Crippen LogP contribution is -2.28. The molecular weight excluding hydrogens is 340 g/mol. The molecule has 142 valence electrons. The number of hydrogen-bond acceptors (Lipinski definition) is 3. The molecule has 0 aromatic heterocycles. The highest BCUT2D eigenvalue weighted by atomic mass is 16.5. The minimum atomic E-state index is -0.340. The summed E-state index contributed by atoms with van der Waals surface area (Å²) in [6, 6.07) is 11.7. The SMILES string of the molecule is COc1ccccc1CN1CC(C(=O)Nc2c(C)cc(C)cc2C)CC1=O. The predicted octanol–water partition coefficient (Wildman–Crippen LogP) is 3.61. The van der Waals surface area contributed by atoms with Crippen LogP contribution in [-0.2, 0) is 16.1 Å². The van der Waals surface area contributed by atoms with Crippen LogP contribution in [0.3, 0.4) is 0 Å². The number of nitrogens with one attached hydrogen (secondary N) is 1. The summed E-state index contributed by atoms with van der Waals surface area (Å²) < 4.78 is 5.36. The van der Waals surface area contributed by atoms with Gasteiger partial charge in [-0.05, 0) is 38.0 Å². The zero-order chi connectivity index (χ0) is 19.6. The van der Waals surface area contributed by atoms with Gasteiger partial charge in [0.25, 0.3) is 0 Å². The molecule has 1 unspecified atom stereocenters. The smallest absolute Gasteiger partial charge is 0.229 e. The summed E-state index contributed by atoms with van der Waals surface area (Å²) in [5, 5.41) is 3.03. The summed E-state index contributed by atoms with van der Waals surface area (Å²) >= 11 is 0. The highest BCUT2D eigenvalue weighted by molar-refractivity contribution is 5.98. The third-order valence-electron chi connectivity index (χ3n) is 5.06. The van der Waals surface area contributed by atoms with Crippen LogP contribution in [0.4, 0.5) is 5.69 Å². The maximum Gasteiger partial charge on any atom is 0.229 e. The molecule has 5 heteroatoms. The number of ether oxygens (including phenoxy) is 1. The molecule has 2 amide bonds. The van der Waals surface area contributed by atoms with Gasteiger partial charge in [-0.1, -0.05) is 35.9 Å². The van der Waals surface area contributed by atoms with Crippen LogP contribution in [0.1, 0.15) is 28.7 Å². The van der Waals surface area contributed by atoms with Gasteiger partial charge in [-0.25, -0.2) is 0 Å². The molecule has 2 aromatic carbocycles. The Morgan fingerprint density at radius 1 is 1.19 bits per heavy atom. The summed E-state index contributed by atoms with van der Waals surface area (Å²) in [5.41, 5.74) is 5.04. The molecule has 0 spiro atoms. The van der Waals surface area contributed by atoms with Gasteiger partial charge in [-0.3, -0.25) is 9.59 Å². The number of benzene rings is 2. The Bertz CT molecular complexity index is 853. The summed E-state index contributed by atoms with van der Waals surface area (Å²) in [4.78, 5) is 26.9. The number of amides is 2. The van der Waals surface area contributed by atoms with Crippen molar-refractivity contribution in [1.82, 2.24) is 4.90 Å². The molecule has 1 heterocycles. The number of aryl methyl sites for hydroxylation is 3. The van der Waals surface area contributed by atoms with Crippen LogP contribution in [0.2, 0.25) is 0 Å². The molecule has 5 nitrogen and oxygen atoms in total.